The van der Waals surface area contributed by atoms with E-state index in [2.05, 4.69) is 9.71 Å². The van der Waals surface area contributed by atoms with Gasteiger partial charge < -0.3 is 9.32 Å². The van der Waals surface area contributed by atoms with Crippen LogP contribution in [0.15, 0.2) is 52.4 Å². The summed E-state index contributed by atoms with van der Waals surface area (Å²) in [7, 11) is -2.15. The number of nitrogens with one attached hydrogen (secondary N) is 1. The first-order chi connectivity index (χ1) is 10.5. The minimum absolute atomic E-state index is 0.0933. The molecule has 7 nitrogen and oxygen atoms in total. The Labute approximate surface area is 128 Å². The molecule has 2 aromatic rings. The second-order valence-corrected chi connectivity index (χ2v) is 6.74. The molecule has 1 fully saturated rings. The van der Waals surface area contributed by atoms with E-state index >= 15 is 0 Å². The second-order valence-electron chi connectivity index (χ2n) is 5.10. The number of sulfonamides is 1. The van der Waals surface area contributed by atoms with E-state index in [-0.39, 0.29) is 17.4 Å². The quantitative estimate of drug-likeness (QED) is 0.904. The van der Waals surface area contributed by atoms with E-state index in [0.717, 1.165) is 5.56 Å². The van der Waals surface area contributed by atoms with Crippen LogP contribution in [0.3, 0.4) is 0 Å². The van der Waals surface area contributed by atoms with Gasteiger partial charge >= 0.3 is 0 Å². The highest BCUT2D eigenvalue weighted by atomic mass is 32.2. The van der Waals surface area contributed by atoms with Crippen LogP contribution >= 0.6 is 0 Å². The summed E-state index contributed by atoms with van der Waals surface area (Å²) < 4.78 is 32.1. The molecule has 0 bridgehead atoms. The minimum atomic E-state index is -3.80. The zero-order valence-corrected chi connectivity index (χ0v) is 12.7. The molecule has 0 saturated carbocycles. The molecule has 1 saturated heterocycles. The van der Waals surface area contributed by atoms with Gasteiger partial charge in [-0.2, -0.15) is 0 Å². The highest BCUT2D eigenvalue weighted by molar-refractivity contribution is 7.89. The van der Waals surface area contributed by atoms with E-state index in [4.69, 9.17) is 4.42 Å². The highest BCUT2D eigenvalue weighted by Gasteiger charge is 2.41. The largest absolute Gasteiger partial charge is 0.452 e. The van der Waals surface area contributed by atoms with Crippen molar-refractivity contribution in [2.75, 3.05) is 7.05 Å². The Morgan fingerprint density at radius 1 is 1.36 bits per heavy atom. The molecule has 2 atom stereocenters. The topological polar surface area (TPSA) is 92.5 Å². The molecule has 2 aromatic heterocycles. The first-order valence-electron chi connectivity index (χ1n) is 6.70. The van der Waals surface area contributed by atoms with Gasteiger partial charge in [-0.3, -0.25) is 9.78 Å². The van der Waals surface area contributed by atoms with E-state index in [1.807, 2.05) is 6.07 Å². The van der Waals surface area contributed by atoms with Gasteiger partial charge in [-0.05, 0) is 23.8 Å². The first-order valence-corrected chi connectivity index (χ1v) is 8.19. The van der Waals surface area contributed by atoms with E-state index in [9.17, 15) is 13.2 Å². The smallest absolute Gasteiger partial charge is 0.274 e. The molecule has 116 valence electrons. The minimum Gasteiger partial charge on any atom is -0.452 e. The van der Waals surface area contributed by atoms with Crippen molar-refractivity contribution in [2.45, 2.75) is 23.6 Å². The van der Waals surface area contributed by atoms with Crippen molar-refractivity contribution in [1.29, 1.82) is 0 Å². The Morgan fingerprint density at radius 3 is 2.82 bits per heavy atom. The first kappa shape index (κ1) is 14.7. The summed E-state index contributed by atoms with van der Waals surface area (Å²) in [4.78, 5) is 17.6. The third-order valence-corrected chi connectivity index (χ3v) is 5.05. The molecule has 0 aliphatic carbocycles. The molecule has 0 radical (unpaired) electrons. The number of amides is 1. The number of rotatable bonds is 4. The number of nitrogens with zero attached hydrogens (tertiary/aromatic N) is 2. The van der Waals surface area contributed by atoms with Crippen LogP contribution in [0.2, 0.25) is 0 Å². The summed E-state index contributed by atoms with van der Waals surface area (Å²) in [5.74, 6) is -0.124. The molecule has 1 aliphatic rings. The maximum absolute atomic E-state index is 12.3. The lowest BCUT2D eigenvalue weighted by Crippen LogP contribution is -2.38. The number of hydrogen-bond acceptors (Lipinski definition) is 5. The Morgan fingerprint density at radius 2 is 2.18 bits per heavy atom. The van der Waals surface area contributed by atoms with Crippen molar-refractivity contribution in [1.82, 2.24) is 14.6 Å². The monoisotopic (exact) mass is 321 g/mol. The molecule has 0 aromatic carbocycles. The zero-order chi connectivity index (χ0) is 15.7. The Hall–Kier alpha value is -2.19. The summed E-state index contributed by atoms with van der Waals surface area (Å²) in [6, 6.07) is 5.47. The summed E-state index contributed by atoms with van der Waals surface area (Å²) in [6.07, 6.45) is 4.64. The van der Waals surface area contributed by atoms with Crippen LogP contribution < -0.4 is 4.72 Å². The lowest BCUT2D eigenvalue weighted by molar-refractivity contribution is -0.127. The number of aromatic nitrogens is 1. The van der Waals surface area contributed by atoms with Crippen LogP contribution in [0.4, 0.5) is 0 Å². The third kappa shape index (κ3) is 2.62. The highest BCUT2D eigenvalue weighted by Crippen LogP contribution is 2.32. The molecule has 3 heterocycles. The number of pyridine rings is 1. The Balaban J connectivity index is 1.90. The van der Waals surface area contributed by atoms with Crippen LogP contribution in [0.5, 0.6) is 0 Å². The molecule has 3 rings (SSSR count). The molecule has 1 aliphatic heterocycles. The molecule has 0 unspecified atom stereocenters. The van der Waals surface area contributed by atoms with Crippen LogP contribution in [0, 0.1) is 0 Å². The fraction of sp³-hybridized carbons (Fsp3) is 0.286. The maximum Gasteiger partial charge on any atom is 0.274 e. The molecular weight excluding hydrogens is 306 g/mol. The predicted octanol–water partition coefficient (Wildman–Crippen LogP) is 0.925. The van der Waals surface area contributed by atoms with Crippen molar-refractivity contribution >= 4 is 15.9 Å². The number of hydrogen-bond donors (Lipinski definition) is 1. The summed E-state index contributed by atoms with van der Waals surface area (Å²) in [5.41, 5.74) is 0.781. The van der Waals surface area contributed by atoms with Crippen molar-refractivity contribution in [2.24, 2.45) is 0 Å². The molecular formula is C14H15N3O4S. The van der Waals surface area contributed by atoms with E-state index < -0.39 is 22.1 Å². The average Bonchev–Trinajstić information content (AvgIpc) is 3.10. The van der Waals surface area contributed by atoms with Gasteiger partial charge in [0.1, 0.15) is 0 Å². The zero-order valence-electron chi connectivity index (χ0n) is 11.8. The van der Waals surface area contributed by atoms with Crippen molar-refractivity contribution in [3.63, 3.8) is 0 Å². The molecule has 0 spiro atoms. The van der Waals surface area contributed by atoms with Gasteiger partial charge in [0.05, 0.1) is 18.3 Å². The van der Waals surface area contributed by atoms with Crippen molar-refractivity contribution in [3.8, 4) is 0 Å². The van der Waals surface area contributed by atoms with Gasteiger partial charge in [-0.25, -0.2) is 13.1 Å². The number of carbonyl (C=O) groups is 1. The lowest BCUT2D eigenvalue weighted by atomic mass is 10.0. The molecule has 1 N–H and O–H groups in total. The second kappa shape index (κ2) is 5.54. The standard InChI is InChI=1S/C14H15N3O4S/c1-17-12(18)8-11(14(17)10-4-2-6-15-9-10)16-22(19,20)13-5-3-7-21-13/h2-7,9,11,14,16H,8H2,1H3/t11-,14+/m1/s1. The molecule has 1 amide bonds. The summed E-state index contributed by atoms with van der Waals surface area (Å²) in [6.45, 7) is 0. The Bertz CT molecular complexity index is 759. The number of likely N-dealkylation sites (N-methyl/N-ethyl adjacent to an activating group) is 1. The number of furan rings is 1. The van der Waals surface area contributed by atoms with Gasteiger partial charge in [0, 0.05) is 25.9 Å². The number of carbonyl (C=O) groups excluding carboxylic acids is 1. The fourth-order valence-corrected chi connectivity index (χ4v) is 3.82. The van der Waals surface area contributed by atoms with Gasteiger partial charge in [0.15, 0.2) is 0 Å². The van der Waals surface area contributed by atoms with Gasteiger partial charge in [0.25, 0.3) is 10.0 Å². The predicted molar refractivity (Wildman–Crippen MR) is 77.2 cm³/mol. The average molecular weight is 321 g/mol. The van der Waals surface area contributed by atoms with Crippen LogP contribution in [-0.4, -0.2) is 37.3 Å². The van der Waals surface area contributed by atoms with Crippen LogP contribution in [0.1, 0.15) is 18.0 Å². The van der Waals surface area contributed by atoms with E-state index in [1.165, 1.54) is 23.3 Å². The summed E-state index contributed by atoms with van der Waals surface area (Å²) >= 11 is 0. The lowest BCUT2D eigenvalue weighted by Gasteiger charge is -2.25. The van der Waals surface area contributed by atoms with Crippen LogP contribution in [0.25, 0.3) is 0 Å². The fourth-order valence-electron chi connectivity index (χ4n) is 2.66. The SMILES string of the molecule is CN1C(=O)C[C@@H](NS(=O)(=O)c2ccco2)[C@@H]1c1cccnc1. The summed E-state index contributed by atoms with van der Waals surface area (Å²) in [5, 5.41) is -0.167. The van der Waals surface area contributed by atoms with Crippen LogP contribution in [-0.2, 0) is 14.8 Å². The number of likely N-dealkylation sites (tertiary alicyclic amines) is 1. The van der Waals surface area contributed by atoms with E-state index in [0.29, 0.717) is 0 Å². The Kier molecular flexibility index (Phi) is 3.71. The van der Waals surface area contributed by atoms with Gasteiger partial charge in [0.2, 0.25) is 11.0 Å². The van der Waals surface area contributed by atoms with E-state index in [1.54, 1.807) is 25.5 Å². The van der Waals surface area contributed by atoms with Crippen molar-refractivity contribution in [3.05, 3.63) is 48.5 Å². The molecule has 8 heteroatoms. The van der Waals surface area contributed by atoms with Gasteiger partial charge in [-0.15, -0.1) is 0 Å². The maximum atomic E-state index is 12.3. The molecule has 22 heavy (non-hydrogen) atoms. The third-order valence-electron chi connectivity index (χ3n) is 3.68. The van der Waals surface area contributed by atoms with Gasteiger partial charge in [-0.1, -0.05) is 6.07 Å². The van der Waals surface area contributed by atoms with Crippen molar-refractivity contribution < 1.29 is 17.6 Å². The normalized spacial score (nSPS) is 22.2.